The Bertz CT molecular complexity index is 938. The van der Waals surface area contributed by atoms with E-state index in [1.165, 1.54) is 43.4 Å². The largest absolute Gasteiger partial charge is 0.423 e. The van der Waals surface area contributed by atoms with Crippen LogP contribution in [-0.2, 0) is 22.9 Å². The van der Waals surface area contributed by atoms with Gasteiger partial charge in [0.2, 0.25) is 10.0 Å². The lowest BCUT2D eigenvalue weighted by Crippen LogP contribution is -2.22. The molecule has 0 bridgehead atoms. The number of aryl methyl sites for hydroxylation is 2. The van der Waals surface area contributed by atoms with Crippen LogP contribution in [0.3, 0.4) is 0 Å². The predicted octanol–water partition coefficient (Wildman–Crippen LogP) is 3.30. The lowest BCUT2D eigenvalue weighted by atomic mass is 10.1. The number of carbonyl (C=O) groups excluding carboxylic acids is 1. The monoisotopic (exact) mass is 379 g/mol. The van der Waals surface area contributed by atoms with Crippen molar-refractivity contribution in [3.05, 3.63) is 58.1 Å². The lowest BCUT2D eigenvalue weighted by Gasteiger charge is -2.13. The minimum atomic E-state index is -3.66. The molecular formula is C18H18ClNO4S. The maximum atomic E-state index is 12.5. The van der Waals surface area contributed by atoms with Gasteiger partial charge in [0.05, 0.1) is 15.5 Å². The van der Waals surface area contributed by atoms with Gasteiger partial charge in [0.15, 0.2) is 0 Å². The van der Waals surface area contributed by atoms with Gasteiger partial charge >= 0.3 is 5.97 Å². The van der Waals surface area contributed by atoms with Gasteiger partial charge < -0.3 is 4.74 Å². The van der Waals surface area contributed by atoms with Gasteiger partial charge in [0.25, 0.3) is 0 Å². The number of rotatable bonds is 4. The molecule has 0 heterocycles. The molecule has 0 fully saturated rings. The van der Waals surface area contributed by atoms with E-state index in [0.717, 1.165) is 23.6 Å². The molecule has 132 valence electrons. The number of ether oxygens (including phenoxy) is 1. The van der Waals surface area contributed by atoms with E-state index in [2.05, 4.69) is 0 Å². The third kappa shape index (κ3) is 3.56. The summed E-state index contributed by atoms with van der Waals surface area (Å²) in [4.78, 5) is 12.5. The number of hydrogen-bond donors (Lipinski definition) is 0. The van der Waals surface area contributed by atoms with Crippen LogP contribution in [0.5, 0.6) is 5.75 Å². The summed E-state index contributed by atoms with van der Waals surface area (Å²) in [6.45, 7) is 0. The highest BCUT2D eigenvalue weighted by atomic mass is 35.5. The summed E-state index contributed by atoms with van der Waals surface area (Å²) in [5.74, 6) is -0.249. The first kappa shape index (κ1) is 17.9. The fourth-order valence-electron chi connectivity index (χ4n) is 2.81. The molecule has 0 saturated carbocycles. The van der Waals surface area contributed by atoms with Gasteiger partial charge in [-0.25, -0.2) is 17.5 Å². The predicted molar refractivity (Wildman–Crippen MR) is 95.8 cm³/mol. The summed E-state index contributed by atoms with van der Waals surface area (Å²) in [5.41, 5.74) is 2.47. The molecule has 0 amide bonds. The Morgan fingerprint density at radius 1 is 1.08 bits per heavy atom. The van der Waals surface area contributed by atoms with E-state index < -0.39 is 16.0 Å². The Hall–Kier alpha value is -1.89. The van der Waals surface area contributed by atoms with Crippen molar-refractivity contribution in [2.24, 2.45) is 0 Å². The molecule has 2 aromatic carbocycles. The minimum Gasteiger partial charge on any atom is -0.423 e. The first-order chi connectivity index (χ1) is 11.8. The van der Waals surface area contributed by atoms with E-state index in [0.29, 0.717) is 5.75 Å². The first-order valence-electron chi connectivity index (χ1n) is 7.85. The zero-order valence-electron chi connectivity index (χ0n) is 14.0. The number of carbonyl (C=O) groups is 1. The number of sulfonamides is 1. The Kier molecular flexibility index (Phi) is 4.86. The summed E-state index contributed by atoms with van der Waals surface area (Å²) in [7, 11) is -0.817. The van der Waals surface area contributed by atoms with E-state index in [1.54, 1.807) is 6.07 Å². The summed E-state index contributed by atoms with van der Waals surface area (Å²) in [5, 5.41) is 0.142. The number of nitrogens with zero attached hydrogens (tertiary/aromatic N) is 1. The maximum Gasteiger partial charge on any atom is 0.345 e. The third-order valence-corrected chi connectivity index (χ3v) is 6.36. The van der Waals surface area contributed by atoms with Gasteiger partial charge in [-0.2, -0.15) is 0 Å². The fourth-order valence-corrected chi connectivity index (χ4v) is 3.93. The van der Waals surface area contributed by atoms with Gasteiger partial charge in [-0.1, -0.05) is 17.7 Å². The highest BCUT2D eigenvalue weighted by Gasteiger charge is 2.22. The molecule has 0 aromatic heterocycles. The molecule has 0 spiro atoms. The van der Waals surface area contributed by atoms with Crippen molar-refractivity contribution >= 4 is 27.6 Å². The van der Waals surface area contributed by atoms with E-state index in [-0.39, 0.29) is 15.5 Å². The quantitative estimate of drug-likeness (QED) is 0.604. The van der Waals surface area contributed by atoms with Crippen LogP contribution < -0.4 is 4.74 Å². The van der Waals surface area contributed by atoms with Crippen LogP contribution in [-0.4, -0.2) is 32.8 Å². The van der Waals surface area contributed by atoms with Gasteiger partial charge in [0, 0.05) is 14.1 Å². The van der Waals surface area contributed by atoms with Crippen molar-refractivity contribution < 1.29 is 17.9 Å². The van der Waals surface area contributed by atoms with Gasteiger partial charge in [-0.3, -0.25) is 0 Å². The zero-order chi connectivity index (χ0) is 18.2. The molecule has 1 aliphatic rings. The maximum absolute atomic E-state index is 12.5. The molecular weight excluding hydrogens is 362 g/mol. The van der Waals surface area contributed by atoms with Crippen LogP contribution >= 0.6 is 11.6 Å². The highest BCUT2D eigenvalue weighted by molar-refractivity contribution is 7.89. The molecule has 0 radical (unpaired) electrons. The number of fused-ring (bicyclic) bond motifs is 1. The molecule has 0 saturated heterocycles. The molecule has 0 N–H and O–H groups in total. The van der Waals surface area contributed by atoms with Crippen LogP contribution in [0.2, 0.25) is 5.02 Å². The topological polar surface area (TPSA) is 63.7 Å². The average molecular weight is 380 g/mol. The van der Waals surface area contributed by atoms with Crippen LogP contribution in [0, 0.1) is 0 Å². The van der Waals surface area contributed by atoms with Crippen LogP contribution in [0.1, 0.15) is 27.9 Å². The molecule has 2 aromatic rings. The first-order valence-corrected chi connectivity index (χ1v) is 9.67. The van der Waals surface area contributed by atoms with E-state index >= 15 is 0 Å². The number of hydrogen-bond acceptors (Lipinski definition) is 4. The van der Waals surface area contributed by atoms with Crippen LogP contribution in [0.15, 0.2) is 41.3 Å². The summed E-state index contributed by atoms with van der Waals surface area (Å²) in [6.07, 6.45) is 3.11. The van der Waals surface area contributed by atoms with E-state index in [9.17, 15) is 13.2 Å². The highest BCUT2D eigenvalue weighted by Crippen LogP contribution is 2.28. The molecule has 1 aliphatic carbocycles. The van der Waals surface area contributed by atoms with Crippen LogP contribution in [0.25, 0.3) is 0 Å². The Morgan fingerprint density at radius 3 is 2.52 bits per heavy atom. The number of halogens is 1. The molecule has 7 heteroatoms. The second-order valence-corrected chi connectivity index (χ2v) is 8.66. The second kappa shape index (κ2) is 6.78. The summed E-state index contributed by atoms with van der Waals surface area (Å²) < 4.78 is 30.9. The smallest absolute Gasteiger partial charge is 0.345 e. The fraction of sp³-hybridized carbons (Fsp3) is 0.278. The molecule has 3 rings (SSSR count). The van der Waals surface area contributed by atoms with Crippen LogP contribution in [0.4, 0.5) is 0 Å². The Labute approximate surface area is 152 Å². The minimum absolute atomic E-state index is 0.0113. The van der Waals surface area contributed by atoms with Crippen molar-refractivity contribution in [3.63, 3.8) is 0 Å². The van der Waals surface area contributed by atoms with Crippen molar-refractivity contribution in [2.75, 3.05) is 14.1 Å². The molecule has 0 unspecified atom stereocenters. The van der Waals surface area contributed by atoms with Crippen molar-refractivity contribution in [1.29, 1.82) is 0 Å². The van der Waals surface area contributed by atoms with Crippen molar-refractivity contribution in [1.82, 2.24) is 4.31 Å². The van der Waals surface area contributed by atoms with Crippen molar-refractivity contribution in [3.8, 4) is 5.75 Å². The summed E-state index contributed by atoms with van der Waals surface area (Å²) >= 11 is 6.07. The molecule has 25 heavy (non-hydrogen) atoms. The van der Waals surface area contributed by atoms with Gasteiger partial charge in [0.1, 0.15) is 5.75 Å². The lowest BCUT2D eigenvalue weighted by molar-refractivity contribution is 0.0734. The molecule has 0 aliphatic heterocycles. The normalized spacial score (nSPS) is 13.8. The second-order valence-electron chi connectivity index (χ2n) is 6.10. The zero-order valence-corrected chi connectivity index (χ0v) is 15.5. The Morgan fingerprint density at radius 2 is 1.80 bits per heavy atom. The number of esters is 1. The van der Waals surface area contributed by atoms with Gasteiger partial charge in [-0.05, 0) is 60.7 Å². The van der Waals surface area contributed by atoms with E-state index in [4.69, 9.17) is 16.3 Å². The average Bonchev–Trinajstić information content (AvgIpc) is 3.02. The Balaban J connectivity index is 1.89. The summed E-state index contributed by atoms with van der Waals surface area (Å²) in [6, 6.07) is 9.55. The number of benzene rings is 2. The SMILES string of the molecule is CN(C)S(=O)(=O)c1ccc(Cl)c(C(=O)Oc2ccc3c(c2)CCC3)c1. The molecule has 5 nitrogen and oxygen atoms in total. The van der Waals surface area contributed by atoms with E-state index in [1.807, 2.05) is 12.1 Å². The van der Waals surface area contributed by atoms with Crippen molar-refractivity contribution in [2.45, 2.75) is 24.2 Å². The third-order valence-electron chi connectivity index (χ3n) is 4.22. The molecule has 0 atom stereocenters. The van der Waals surface area contributed by atoms with Gasteiger partial charge in [-0.15, -0.1) is 0 Å². The standard InChI is InChI=1S/C18H18ClNO4S/c1-20(2)25(22,23)15-8-9-17(19)16(11-15)18(21)24-14-7-6-12-4-3-5-13(12)10-14/h6-11H,3-5H2,1-2H3.